The van der Waals surface area contributed by atoms with Crippen LogP contribution in [-0.4, -0.2) is 37.1 Å². The Hall–Kier alpha value is -0.300. The Morgan fingerprint density at radius 1 is 1.26 bits per heavy atom. The lowest BCUT2D eigenvalue weighted by molar-refractivity contribution is -0.160. The lowest BCUT2D eigenvalue weighted by Crippen LogP contribution is -2.55. The molecule has 1 aliphatic rings. The molecule has 1 fully saturated rings. The Kier molecular flexibility index (Phi) is 5.11. The number of halogens is 2. The fourth-order valence-corrected chi connectivity index (χ4v) is 2.90. The third-order valence-corrected chi connectivity index (χ3v) is 4.30. The molecule has 1 aliphatic carbocycles. The molecule has 19 heavy (non-hydrogen) atoms. The van der Waals surface area contributed by atoms with Gasteiger partial charge in [0, 0.05) is 13.0 Å². The molecule has 0 amide bonds. The zero-order chi connectivity index (χ0) is 14.0. The fourth-order valence-electron chi connectivity index (χ4n) is 2.00. The Morgan fingerprint density at radius 3 is 2.47 bits per heavy atom. The molecule has 1 aromatic rings. The van der Waals surface area contributed by atoms with Gasteiger partial charge in [0.25, 0.3) is 0 Å². The van der Waals surface area contributed by atoms with E-state index in [0.29, 0.717) is 18.8 Å². The molecule has 1 aromatic carbocycles. The number of aliphatic hydroxyl groups is 1. The van der Waals surface area contributed by atoms with Gasteiger partial charge < -0.3 is 19.3 Å². The molecule has 3 atom stereocenters. The van der Waals surface area contributed by atoms with Crippen molar-refractivity contribution in [2.45, 2.75) is 31.7 Å². The second-order valence-electron chi connectivity index (χ2n) is 4.30. The summed E-state index contributed by atoms with van der Waals surface area (Å²) in [5.74, 6) is 1.43. The summed E-state index contributed by atoms with van der Waals surface area (Å²) < 4.78 is 18.2. The molecule has 0 radical (unpaired) electrons. The summed E-state index contributed by atoms with van der Waals surface area (Å²) in [7, 11) is 1.61. The zero-order valence-electron chi connectivity index (χ0n) is 10.7. The van der Waals surface area contributed by atoms with Gasteiger partial charge >= 0.3 is 0 Å². The third-order valence-electron chi connectivity index (χ3n) is 3.06. The van der Waals surface area contributed by atoms with Crippen LogP contribution >= 0.6 is 31.9 Å². The Morgan fingerprint density at radius 2 is 1.89 bits per heavy atom. The molecule has 6 heteroatoms. The summed E-state index contributed by atoms with van der Waals surface area (Å²) in [5, 5.41) is 9.65. The summed E-state index contributed by atoms with van der Waals surface area (Å²) >= 11 is 6.87. The van der Waals surface area contributed by atoms with E-state index in [1.54, 1.807) is 7.11 Å². The molecule has 1 saturated carbocycles. The van der Waals surface area contributed by atoms with E-state index in [1.165, 1.54) is 0 Å². The maximum absolute atomic E-state index is 9.65. The van der Waals surface area contributed by atoms with E-state index in [0.717, 1.165) is 14.7 Å². The normalized spacial score (nSPS) is 25.8. The number of hydrogen-bond acceptors (Lipinski definition) is 4. The molecule has 106 valence electrons. The number of benzene rings is 1. The van der Waals surface area contributed by atoms with Crippen molar-refractivity contribution in [3.8, 4) is 11.5 Å². The largest absolute Gasteiger partial charge is 0.496 e. The van der Waals surface area contributed by atoms with Gasteiger partial charge in [-0.25, -0.2) is 0 Å². The highest BCUT2D eigenvalue weighted by Crippen LogP contribution is 2.38. The van der Waals surface area contributed by atoms with Crippen LogP contribution in [0.25, 0.3) is 0 Å². The van der Waals surface area contributed by atoms with Crippen LogP contribution in [0.3, 0.4) is 0 Å². The van der Waals surface area contributed by atoms with Crippen molar-refractivity contribution in [2.75, 3.05) is 13.7 Å². The van der Waals surface area contributed by atoms with Gasteiger partial charge in [-0.3, -0.25) is 0 Å². The molecule has 0 aliphatic heterocycles. The van der Waals surface area contributed by atoms with E-state index in [4.69, 9.17) is 14.2 Å². The average Bonchev–Trinajstić information content (AvgIpc) is 2.39. The van der Waals surface area contributed by atoms with Crippen molar-refractivity contribution < 1.29 is 19.3 Å². The smallest absolute Gasteiger partial charge is 0.135 e. The predicted molar refractivity (Wildman–Crippen MR) is 78.8 cm³/mol. The molecule has 3 unspecified atom stereocenters. The fraction of sp³-hybridized carbons (Fsp3) is 0.538. The van der Waals surface area contributed by atoms with Crippen molar-refractivity contribution in [2.24, 2.45) is 0 Å². The van der Waals surface area contributed by atoms with Gasteiger partial charge in [-0.05, 0) is 50.9 Å². The summed E-state index contributed by atoms with van der Waals surface area (Å²) in [4.78, 5) is 0. The molecule has 1 N–H and O–H groups in total. The minimum atomic E-state index is -0.439. The van der Waals surface area contributed by atoms with Crippen molar-refractivity contribution in [1.82, 2.24) is 0 Å². The Bertz CT molecular complexity index is 453. The zero-order valence-corrected chi connectivity index (χ0v) is 13.9. The second-order valence-corrected chi connectivity index (χ2v) is 6.01. The van der Waals surface area contributed by atoms with E-state index in [-0.39, 0.29) is 12.2 Å². The van der Waals surface area contributed by atoms with Gasteiger partial charge in [0.05, 0.1) is 22.2 Å². The molecule has 4 nitrogen and oxygen atoms in total. The first kappa shape index (κ1) is 15.1. The summed E-state index contributed by atoms with van der Waals surface area (Å²) in [6.45, 7) is 2.47. The van der Waals surface area contributed by atoms with Crippen LogP contribution in [0.1, 0.15) is 13.3 Å². The van der Waals surface area contributed by atoms with Gasteiger partial charge in [0.15, 0.2) is 0 Å². The number of hydrogen-bond donors (Lipinski definition) is 1. The van der Waals surface area contributed by atoms with Gasteiger partial charge in [0.2, 0.25) is 0 Å². The van der Waals surface area contributed by atoms with Gasteiger partial charge in [-0.1, -0.05) is 0 Å². The average molecular weight is 396 g/mol. The number of methoxy groups -OCH3 is 1. The highest BCUT2D eigenvalue weighted by molar-refractivity contribution is 9.11. The van der Waals surface area contributed by atoms with E-state index in [9.17, 15) is 5.11 Å². The number of aliphatic hydroxyl groups excluding tert-OH is 1. The lowest BCUT2D eigenvalue weighted by Gasteiger charge is -2.40. The lowest BCUT2D eigenvalue weighted by atomic mass is 9.88. The molecule has 2 rings (SSSR count). The summed E-state index contributed by atoms with van der Waals surface area (Å²) in [6.07, 6.45) is -0.226. The summed E-state index contributed by atoms with van der Waals surface area (Å²) in [6, 6.07) is 3.68. The van der Waals surface area contributed by atoms with Crippen LogP contribution in [-0.2, 0) is 4.74 Å². The monoisotopic (exact) mass is 394 g/mol. The van der Waals surface area contributed by atoms with E-state index in [1.807, 2.05) is 19.1 Å². The highest BCUT2D eigenvalue weighted by Gasteiger charge is 2.42. The minimum Gasteiger partial charge on any atom is -0.496 e. The molecule has 0 aromatic heterocycles. The van der Waals surface area contributed by atoms with Crippen molar-refractivity contribution in [1.29, 1.82) is 0 Å². The van der Waals surface area contributed by atoms with E-state index >= 15 is 0 Å². The SMILES string of the molecule is CCOC1C(O)CC1Oc1cc(Br)c(OC)cc1Br. The molecule has 0 bridgehead atoms. The first-order valence-electron chi connectivity index (χ1n) is 6.06. The van der Waals surface area contributed by atoms with Gasteiger partial charge in [-0.2, -0.15) is 0 Å². The maximum atomic E-state index is 9.65. The van der Waals surface area contributed by atoms with Crippen molar-refractivity contribution >= 4 is 31.9 Å². The number of ether oxygens (including phenoxy) is 3. The van der Waals surface area contributed by atoms with Gasteiger partial charge in [-0.15, -0.1) is 0 Å². The number of rotatable bonds is 5. The highest BCUT2D eigenvalue weighted by atomic mass is 79.9. The van der Waals surface area contributed by atoms with Crippen LogP contribution in [0.15, 0.2) is 21.1 Å². The first-order chi connectivity index (χ1) is 9.06. The maximum Gasteiger partial charge on any atom is 0.135 e. The Labute approximate surface area is 129 Å². The Balaban J connectivity index is 2.09. The molecule has 0 spiro atoms. The standard InChI is InChI=1S/C13H16Br2O4/c1-3-18-13-9(16)6-12(13)19-11-5-7(14)10(17-2)4-8(11)15/h4-5,9,12-13,16H,3,6H2,1-2H3. The minimum absolute atomic E-state index is 0.119. The third kappa shape index (κ3) is 3.24. The molecule has 0 saturated heterocycles. The van der Waals surface area contributed by atoms with Crippen LogP contribution in [0.4, 0.5) is 0 Å². The van der Waals surface area contributed by atoms with Crippen LogP contribution in [0.2, 0.25) is 0 Å². The van der Waals surface area contributed by atoms with Crippen LogP contribution in [0.5, 0.6) is 11.5 Å². The first-order valence-corrected chi connectivity index (χ1v) is 7.64. The van der Waals surface area contributed by atoms with Crippen LogP contribution < -0.4 is 9.47 Å². The van der Waals surface area contributed by atoms with Crippen molar-refractivity contribution in [3.05, 3.63) is 21.1 Å². The molecular formula is C13H16Br2O4. The van der Waals surface area contributed by atoms with Crippen molar-refractivity contribution in [3.63, 3.8) is 0 Å². The molecule has 0 heterocycles. The summed E-state index contributed by atoms with van der Waals surface area (Å²) in [5.41, 5.74) is 0. The van der Waals surface area contributed by atoms with Gasteiger partial charge in [0.1, 0.15) is 23.7 Å². The van der Waals surface area contributed by atoms with E-state index in [2.05, 4.69) is 31.9 Å². The van der Waals surface area contributed by atoms with Crippen LogP contribution in [0, 0.1) is 0 Å². The molecular weight excluding hydrogens is 380 g/mol. The predicted octanol–water partition coefficient (Wildman–Crippen LogP) is 3.14. The second kappa shape index (κ2) is 6.43. The van der Waals surface area contributed by atoms with E-state index < -0.39 is 6.10 Å². The topological polar surface area (TPSA) is 47.9 Å². The quantitative estimate of drug-likeness (QED) is 0.831.